The van der Waals surface area contributed by atoms with Crippen molar-refractivity contribution < 1.29 is 13.2 Å². The average Bonchev–Trinajstić information content (AvgIpc) is 2.63. The maximum atomic E-state index is 12.2. The Morgan fingerprint density at radius 3 is 2.23 bits per heavy atom. The van der Waals surface area contributed by atoms with Crippen molar-refractivity contribution in [2.24, 2.45) is 5.14 Å². The third kappa shape index (κ3) is 5.24. The Morgan fingerprint density at radius 1 is 1.08 bits per heavy atom. The number of benzene rings is 1. The Hall–Kier alpha value is -2.52. The number of anilines is 1. The fourth-order valence-corrected chi connectivity index (χ4v) is 2.91. The van der Waals surface area contributed by atoms with Gasteiger partial charge in [0, 0.05) is 19.6 Å². The molecule has 0 spiro atoms. The zero-order valence-corrected chi connectivity index (χ0v) is 15.7. The number of carbonyl (C=O) groups is 1. The molecule has 0 bridgehead atoms. The van der Waals surface area contributed by atoms with Gasteiger partial charge in [-0.1, -0.05) is 12.1 Å². The van der Waals surface area contributed by atoms with Gasteiger partial charge >= 0.3 is 0 Å². The van der Waals surface area contributed by atoms with Crippen LogP contribution in [0.25, 0.3) is 0 Å². The molecule has 8 nitrogen and oxygen atoms in total. The second-order valence-electron chi connectivity index (χ2n) is 5.65. The molecule has 1 aromatic carbocycles. The van der Waals surface area contributed by atoms with Gasteiger partial charge in [-0.25, -0.2) is 13.6 Å². The number of hydrogen-bond donors (Lipinski definition) is 2. The number of amides is 1. The van der Waals surface area contributed by atoms with Gasteiger partial charge in [0.2, 0.25) is 10.0 Å². The zero-order chi connectivity index (χ0) is 19.2. The fourth-order valence-electron chi connectivity index (χ4n) is 2.39. The second kappa shape index (κ2) is 8.72. The Morgan fingerprint density at radius 2 is 1.73 bits per heavy atom. The summed E-state index contributed by atoms with van der Waals surface area (Å²) < 4.78 is 22.4. The molecule has 140 valence electrons. The maximum Gasteiger partial charge on any atom is 0.274 e. The Balaban J connectivity index is 1.89. The van der Waals surface area contributed by atoms with E-state index in [4.69, 9.17) is 5.14 Å². The van der Waals surface area contributed by atoms with Crippen LogP contribution < -0.4 is 10.5 Å². The lowest BCUT2D eigenvalue weighted by molar-refractivity contribution is 0.0766. The van der Waals surface area contributed by atoms with Crippen LogP contribution in [-0.2, 0) is 16.4 Å². The Labute approximate surface area is 153 Å². The van der Waals surface area contributed by atoms with Crippen molar-refractivity contribution in [1.82, 2.24) is 15.1 Å². The number of nitrogens with zero attached hydrogens (tertiary/aromatic N) is 3. The molecule has 9 heteroatoms. The van der Waals surface area contributed by atoms with E-state index in [-0.39, 0.29) is 10.8 Å². The van der Waals surface area contributed by atoms with E-state index < -0.39 is 10.0 Å². The summed E-state index contributed by atoms with van der Waals surface area (Å²) in [6, 6.07) is 9.78. The van der Waals surface area contributed by atoms with Gasteiger partial charge in [-0.15, -0.1) is 10.2 Å². The molecule has 0 saturated carbocycles. The predicted molar refractivity (Wildman–Crippen MR) is 99.3 cm³/mol. The van der Waals surface area contributed by atoms with Crippen LogP contribution in [-0.4, -0.2) is 49.1 Å². The number of hydrogen-bond acceptors (Lipinski definition) is 6. The molecule has 0 atom stereocenters. The number of primary sulfonamides is 1. The SMILES string of the molecule is CCN(CC)C(=O)c1ccc(NCCc2ccc(S(N)(=O)=O)cc2)nn1. The van der Waals surface area contributed by atoms with Gasteiger partial charge in [-0.3, -0.25) is 4.79 Å². The van der Waals surface area contributed by atoms with E-state index in [1.165, 1.54) is 12.1 Å². The summed E-state index contributed by atoms with van der Waals surface area (Å²) in [5.41, 5.74) is 1.28. The molecule has 0 fully saturated rings. The number of carbonyl (C=O) groups excluding carboxylic acids is 1. The number of aromatic nitrogens is 2. The van der Waals surface area contributed by atoms with Crippen LogP contribution in [0.5, 0.6) is 0 Å². The van der Waals surface area contributed by atoms with E-state index in [1.54, 1.807) is 29.2 Å². The first-order chi connectivity index (χ1) is 12.3. The number of nitrogens with one attached hydrogen (secondary N) is 1. The van der Waals surface area contributed by atoms with Gasteiger partial charge in [0.05, 0.1) is 4.90 Å². The lowest BCUT2D eigenvalue weighted by Gasteiger charge is -2.17. The fraction of sp³-hybridized carbons (Fsp3) is 0.353. The normalized spacial score (nSPS) is 11.2. The largest absolute Gasteiger partial charge is 0.368 e. The lowest BCUT2D eigenvalue weighted by Crippen LogP contribution is -2.31. The second-order valence-corrected chi connectivity index (χ2v) is 7.21. The van der Waals surface area contributed by atoms with E-state index in [2.05, 4.69) is 15.5 Å². The lowest BCUT2D eigenvalue weighted by atomic mass is 10.1. The first-order valence-electron chi connectivity index (χ1n) is 8.33. The summed E-state index contributed by atoms with van der Waals surface area (Å²) in [5, 5.41) is 16.2. The first-order valence-corrected chi connectivity index (χ1v) is 9.88. The number of nitrogens with two attached hydrogens (primary N) is 1. The summed E-state index contributed by atoms with van der Waals surface area (Å²) in [7, 11) is -3.67. The molecule has 0 radical (unpaired) electrons. The summed E-state index contributed by atoms with van der Waals surface area (Å²) in [6.45, 7) is 5.68. The van der Waals surface area contributed by atoms with Crippen LogP contribution in [0.1, 0.15) is 29.9 Å². The minimum atomic E-state index is -3.67. The van der Waals surface area contributed by atoms with Crippen molar-refractivity contribution in [1.29, 1.82) is 0 Å². The third-order valence-electron chi connectivity index (χ3n) is 3.91. The first kappa shape index (κ1) is 19.8. The molecular weight excluding hydrogens is 354 g/mol. The summed E-state index contributed by atoms with van der Waals surface area (Å²) in [4.78, 5) is 13.9. The molecular formula is C17H23N5O3S. The van der Waals surface area contributed by atoms with E-state index in [9.17, 15) is 13.2 Å². The highest BCUT2D eigenvalue weighted by molar-refractivity contribution is 7.89. The van der Waals surface area contributed by atoms with Crippen molar-refractivity contribution in [3.8, 4) is 0 Å². The molecule has 0 saturated heterocycles. The standard InChI is InChI=1S/C17H23N5O3S/c1-3-22(4-2)17(23)15-9-10-16(21-20-15)19-12-11-13-5-7-14(8-6-13)26(18,24)25/h5-10H,3-4,11-12H2,1-2H3,(H,19,21)(H2,18,24,25). The molecule has 2 aromatic rings. The van der Waals surface area contributed by atoms with Crippen LogP contribution in [0.15, 0.2) is 41.3 Å². The van der Waals surface area contributed by atoms with Gasteiger partial charge < -0.3 is 10.2 Å². The van der Waals surface area contributed by atoms with Crippen LogP contribution in [0, 0.1) is 0 Å². The Kier molecular flexibility index (Phi) is 6.64. The van der Waals surface area contributed by atoms with Crippen molar-refractivity contribution in [3.63, 3.8) is 0 Å². The molecule has 1 amide bonds. The topological polar surface area (TPSA) is 118 Å². The number of rotatable bonds is 8. The molecule has 0 aliphatic carbocycles. The molecule has 26 heavy (non-hydrogen) atoms. The average molecular weight is 377 g/mol. The molecule has 0 aliphatic rings. The Bertz CT molecular complexity index is 832. The molecule has 0 aliphatic heterocycles. The maximum absolute atomic E-state index is 12.2. The van der Waals surface area contributed by atoms with Crippen LogP contribution in [0.3, 0.4) is 0 Å². The van der Waals surface area contributed by atoms with Crippen molar-refractivity contribution in [2.45, 2.75) is 25.2 Å². The van der Waals surface area contributed by atoms with E-state index in [1.807, 2.05) is 13.8 Å². The van der Waals surface area contributed by atoms with Crippen molar-refractivity contribution >= 4 is 21.7 Å². The van der Waals surface area contributed by atoms with Gasteiger partial charge in [-0.2, -0.15) is 0 Å². The molecule has 1 aromatic heterocycles. The smallest absolute Gasteiger partial charge is 0.274 e. The van der Waals surface area contributed by atoms with Crippen LogP contribution in [0.4, 0.5) is 5.82 Å². The van der Waals surface area contributed by atoms with Gasteiger partial charge in [0.25, 0.3) is 5.91 Å². The highest BCUT2D eigenvalue weighted by atomic mass is 32.2. The molecule has 2 rings (SSSR count). The third-order valence-corrected chi connectivity index (χ3v) is 4.84. The summed E-state index contributed by atoms with van der Waals surface area (Å²) >= 11 is 0. The number of sulfonamides is 1. The summed E-state index contributed by atoms with van der Waals surface area (Å²) in [5.74, 6) is 0.436. The van der Waals surface area contributed by atoms with Gasteiger partial charge in [-0.05, 0) is 50.1 Å². The van der Waals surface area contributed by atoms with E-state index in [0.717, 1.165) is 5.56 Å². The van der Waals surface area contributed by atoms with Crippen LogP contribution >= 0.6 is 0 Å². The predicted octanol–water partition coefficient (Wildman–Crippen LogP) is 1.26. The van der Waals surface area contributed by atoms with E-state index in [0.29, 0.717) is 37.6 Å². The zero-order valence-electron chi connectivity index (χ0n) is 14.8. The highest BCUT2D eigenvalue weighted by Gasteiger charge is 2.14. The van der Waals surface area contributed by atoms with Crippen molar-refractivity contribution in [2.75, 3.05) is 25.0 Å². The van der Waals surface area contributed by atoms with Gasteiger partial charge in [0.15, 0.2) is 5.69 Å². The molecule has 3 N–H and O–H groups in total. The van der Waals surface area contributed by atoms with Gasteiger partial charge in [0.1, 0.15) is 5.82 Å². The quantitative estimate of drug-likeness (QED) is 0.715. The highest BCUT2D eigenvalue weighted by Crippen LogP contribution is 2.10. The van der Waals surface area contributed by atoms with Crippen LogP contribution in [0.2, 0.25) is 0 Å². The molecule has 1 heterocycles. The van der Waals surface area contributed by atoms with E-state index >= 15 is 0 Å². The summed E-state index contributed by atoms with van der Waals surface area (Å²) in [6.07, 6.45) is 0.673. The molecule has 0 unspecified atom stereocenters. The monoisotopic (exact) mass is 377 g/mol. The minimum Gasteiger partial charge on any atom is -0.368 e. The van der Waals surface area contributed by atoms with Crippen molar-refractivity contribution in [3.05, 3.63) is 47.7 Å². The minimum absolute atomic E-state index is 0.0912.